The molecule has 0 spiro atoms. The van der Waals surface area contributed by atoms with E-state index in [0.29, 0.717) is 17.8 Å². The van der Waals surface area contributed by atoms with Gasteiger partial charge in [-0.15, -0.1) is 11.3 Å². The summed E-state index contributed by atoms with van der Waals surface area (Å²) in [7, 11) is 1.80. The molecule has 5 heteroatoms. The Morgan fingerprint density at radius 1 is 1.27 bits per heavy atom. The highest BCUT2D eigenvalue weighted by Gasteiger charge is 2.25. The highest BCUT2D eigenvalue weighted by Crippen LogP contribution is 2.28. The van der Waals surface area contributed by atoms with Crippen molar-refractivity contribution in [2.45, 2.75) is 18.9 Å². The molecule has 22 heavy (non-hydrogen) atoms. The average molecular weight is 314 g/mol. The van der Waals surface area contributed by atoms with Gasteiger partial charge >= 0.3 is 0 Å². The predicted molar refractivity (Wildman–Crippen MR) is 87.9 cm³/mol. The van der Waals surface area contributed by atoms with Gasteiger partial charge in [-0.3, -0.25) is 9.59 Å². The fourth-order valence-corrected chi connectivity index (χ4v) is 3.47. The van der Waals surface area contributed by atoms with Gasteiger partial charge in [0.1, 0.15) is 0 Å². The Morgan fingerprint density at radius 2 is 2.05 bits per heavy atom. The lowest BCUT2D eigenvalue weighted by atomic mass is 10.0. The fourth-order valence-electron chi connectivity index (χ4n) is 2.65. The first kappa shape index (κ1) is 14.8. The van der Waals surface area contributed by atoms with E-state index in [1.165, 1.54) is 11.3 Å². The molecule has 0 bridgehead atoms. The predicted octanol–water partition coefficient (Wildman–Crippen LogP) is 2.77. The van der Waals surface area contributed by atoms with E-state index >= 15 is 0 Å². The van der Waals surface area contributed by atoms with Crippen LogP contribution in [0, 0.1) is 0 Å². The third kappa shape index (κ3) is 3.04. The van der Waals surface area contributed by atoms with E-state index in [9.17, 15) is 9.59 Å². The summed E-state index contributed by atoms with van der Waals surface area (Å²) in [5.74, 6) is 0.00205. The molecule has 1 aliphatic heterocycles. The molecule has 2 aromatic rings. The zero-order valence-electron chi connectivity index (χ0n) is 12.4. The van der Waals surface area contributed by atoms with E-state index < -0.39 is 0 Å². The molecule has 1 aromatic carbocycles. The van der Waals surface area contributed by atoms with E-state index in [-0.39, 0.29) is 17.9 Å². The molecule has 114 valence electrons. The van der Waals surface area contributed by atoms with E-state index in [1.807, 2.05) is 41.8 Å². The molecule has 1 aromatic heterocycles. The minimum Gasteiger partial charge on any atom is -0.348 e. The van der Waals surface area contributed by atoms with Crippen molar-refractivity contribution in [1.82, 2.24) is 10.2 Å². The maximum absolute atomic E-state index is 12.5. The standard InChI is InChI=1S/C17H18N2O2S/c1-19-9-7-13(11-15(19)20)18-17(21)16-14(8-10-22-16)12-5-3-2-4-6-12/h2-6,8,10,13H,7,9,11H2,1H3,(H,18,21). The molecule has 1 fully saturated rings. The van der Waals surface area contributed by atoms with Crippen molar-refractivity contribution in [2.24, 2.45) is 0 Å². The Morgan fingerprint density at radius 3 is 2.77 bits per heavy atom. The topological polar surface area (TPSA) is 49.4 Å². The van der Waals surface area contributed by atoms with E-state index in [2.05, 4.69) is 5.32 Å². The highest BCUT2D eigenvalue weighted by atomic mass is 32.1. The second kappa shape index (κ2) is 6.32. The minimum atomic E-state index is -0.0868. The summed E-state index contributed by atoms with van der Waals surface area (Å²) >= 11 is 1.44. The number of amides is 2. The Balaban J connectivity index is 1.74. The lowest BCUT2D eigenvalue weighted by molar-refractivity contribution is -0.132. The maximum atomic E-state index is 12.5. The molecule has 0 saturated carbocycles. The molecule has 0 radical (unpaired) electrons. The van der Waals surface area contributed by atoms with Gasteiger partial charge in [-0.1, -0.05) is 30.3 Å². The van der Waals surface area contributed by atoms with Crippen LogP contribution in [-0.2, 0) is 4.79 Å². The number of thiophene rings is 1. The molecule has 1 unspecified atom stereocenters. The van der Waals surface area contributed by atoms with Crippen LogP contribution in [0.25, 0.3) is 11.1 Å². The SMILES string of the molecule is CN1CCC(NC(=O)c2sccc2-c2ccccc2)CC1=O. The first-order valence-electron chi connectivity index (χ1n) is 7.33. The van der Waals surface area contributed by atoms with Gasteiger partial charge in [0.15, 0.2) is 0 Å². The number of likely N-dealkylation sites (tertiary alicyclic amines) is 1. The maximum Gasteiger partial charge on any atom is 0.262 e. The van der Waals surface area contributed by atoms with Crippen LogP contribution in [0.4, 0.5) is 0 Å². The Bertz CT molecular complexity index is 681. The van der Waals surface area contributed by atoms with Crippen LogP contribution >= 0.6 is 11.3 Å². The van der Waals surface area contributed by atoms with Crippen molar-refractivity contribution >= 4 is 23.2 Å². The largest absolute Gasteiger partial charge is 0.348 e. The normalized spacial score (nSPS) is 18.3. The van der Waals surface area contributed by atoms with Gasteiger partial charge in [0, 0.05) is 31.6 Å². The lowest BCUT2D eigenvalue weighted by Crippen LogP contribution is -2.46. The summed E-state index contributed by atoms with van der Waals surface area (Å²) in [6.07, 6.45) is 1.19. The summed E-state index contributed by atoms with van der Waals surface area (Å²) < 4.78 is 0. The smallest absolute Gasteiger partial charge is 0.262 e. The van der Waals surface area contributed by atoms with Gasteiger partial charge in [-0.2, -0.15) is 0 Å². The average Bonchev–Trinajstić information content (AvgIpc) is 3.01. The van der Waals surface area contributed by atoms with E-state index in [1.54, 1.807) is 11.9 Å². The third-order valence-corrected chi connectivity index (χ3v) is 4.86. The van der Waals surface area contributed by atoms with Crippen molar-refractivity contribution < 1.29 is 9.59 Å². The molecule has 1 saturated heterocycles. The fraction of sp³-hybridized carbons (Fsp3) is 0.294. The molecular formula is C17H18N2O2S. The summed E-state index contributed by atoms with van der Waals surface area (Å²) in [6.45, 7) is 0.694. The van der Waals surface area contributed by atoms with Crippen LogP contribution in [-0.4, -0.2) is 36.3 Å². The van der Waals surface area contributed by atoms with Crippen LogP contribution in [0.1, 0.15) is 22.5 Å². The molecular weight excluding hydrogens is 296 g/mol. The molecule has 1 atom stereocenters. The van der Waals surface area contributed by atoms with Gasteiger partial charge in [-0.25, -0.2) is 0 Å². The quantitative estimate of drug-likeness (QED) is 0.947. The summed E-state index contributed by atoms with van der Waals surface area (Å²) in [4.78, 5) is 26.7. The summed E-state index contributed by atoms with van der Waals surface area (Å²) in [6, 6.07) is 11.8. The molecule has 4 nitrogen and oxygen atoms in total. The van der Waals surface area contributed by atoms with Crippen LogP contribution in [0.5, 0.6) is 0 Å². The van der Waals surface area contributed by atoms with Crippen LogP contribution in [0.2, 0.25) is 0 Å². The molecule has 2 heterocycles. The van der Waals surface area contributed by atoms with Crippen molar-refractivity contribution in [3.05, 3.63) is 46.7 Å². The summed E-state index contributed by atoms with van der Waals surface area (Å²) in [5.41, 5.74) is 1.98. The highest BCUT2D eigenvalue weighted by molar-refractivity contribution is 7.12. The molecule has 1 N–H and O–H groups in total. The van der Waals surface area contributed by atoms with Crippen LogP contribution in [0.3, 0.4) is 0 Å². The first-order chi connectivity index (χ1) is 10.6. The summed E-state index contributed by atoms with van der Waals surface area (Å²) in [5, 5.41) is 4.93. The number of benzene rings is 1. The van der Waals surface area contributed by atoms with Gasteiger partial charge in [0.05, 0.1) is 4.88 Å². The Kier molecular flexibility index (Phi) is 4.24. The number of nitrogens with one attached hydrogen (secondary N) is 1. The molecule has 0 aliphatic carbocycles. The first-order valence-corrected chi connectivity index (χ1v) is 8.21. The molecule has 1 aliphatic rings. The zero-order chi connectivity index (χ0) is 15.5. The van der Waals surface area contributed by atoms with Crippen LogP contribution in [0.15, 0.2) is 41.8 Å². The number of nitrogens with zero attached hydrogens (tertiary/aromatic N) is 1. The second-order valence-electron chi connectivity index (χ2n) is 5.51. The third-order valence-electron chi connectivity index (χ3n) is 3.95. The van der Waals surface area contributed by atoms with E-state index in [0.717, 1.165) is 17.5 Å². The number of hydrogen-bond donors (Lipinski definition) is 1. The van der Waals surface area contributed by atoms with E-state index in [4.69, 9.17) is 0 Å². The van der Waals surface area contributed by atoms with Crippen molar-refractivity contribution in [1.29, 1.82) is 0 Å². The van der Waals surface area contributed by atoms with Crippen molar-refractivity contribution in [2.75, 3.05) is 13.6 Å². The van der Waals surface area contributed by atoms with Gasteiger partial charge in [0.25, 0.3) is 5.91 Å². The van der Waals surface area contributed by atoms with Crippen molar-refractivity contribution in [3.63, 3.8) is 0 Å². The molecule has 3 rings (SSSR count). The Hall–Kier alpha value is -2.14. The molecule has 2 amide bonds. The number of hydrogen-bond acceptors (Lipinski definition) is 3. The van der Waals surface area contributed by atoms with Gasteiger partial charge < -0.3 is 10.2 Å². The Labute approximate surface area is 133 Å². The number of piperidine rings is 1. The number of carbonyl (C=O) groups excluding carboxylic acids is 2. The van der Waals surface area contributed by atoms with Gasteiger partial charge in [-0.05, 0) is 23.4 Å². The minimum absolute atomic E-state index is 0.0677. The number of rotatable bonds is 3. The van der Waals surface area contributed by atoms with Crippen LogP contribution < -0.4 is 5.32 Å². The number of carbonyl (C=O) groups is 2. The van der Waals surface area contributed by atoms with Crippen molar-refractivity contribution in [3.8, 4) is 11.1 Å². The monoisotopic (exact) mass is 314 g/mol. The van der Waals surface area contributed by atoms with Gasteiger partial charge in [0.2, 0.25) is 5.91 Å². The second-order valence-corrected chi connectivity index (χ2v) is 6.42. The lowest BCUT2D eigenvalue weighted by Gasteiger charge is -2.29. The zero-order valence-corrected chi connectivity index (χ0v) is 13.2.